The highest BCUT2D eigenvalue weighted by Crippen LogP contribution is 2.22. The van der Waals surface area contributed by atoms with Crippen molar-refractivity contribution in [3.05, 3.63) is 34.9 Å². The van der Waals surface area contributed by atoms with Crippen molar-refractivity contribution in [3.8, 4) is 0 Å². The van der Waals surface area contributed by atoms with E-state index in [9.17, 15) is 0 Å². The van der Waals surface area contributed by atoms with Crippen molar-refractivity contribution in [2.24, 2.45) is 17.4 Å². The predicted molar refractivity (Wildman–Crippen MR) is 61.1 cm³/mol. The van der Waals surface area contributed by atoms with E-state index in [2.05, 4.69) is 39.0 Å². The second-order valence-corrected chi connectivity index (χ2v) is 4.10. The van der Waals surface area contributed by atoms with Gasteiger partial charge in [-0.05, 0) is 37.4 Å². The number of hydrogen-bond donors (Lipinski definition) is 2. The standard InChI is InChI=1S/C12H20N2/c1-8-4-5-11(9(2)6-8)12(14)10(3)7-13/h4-6,10,12H,7,13-14H2,1-3H3. The van der Waals surface area contributed by atoms with E-state index in [4.69, 9.17) is 11.5 Å². The van der Waals surface area contributed by atoms with Crippen molar-refractivity contribution < 1.29 is 0 Å². The molecule has 1 rings (SSSR count). The van der Waals surface area contributed by atoms with Crippen molar-refractivity contribution in [1.82, 2.24) is 0 Å². The summed E-state index contributed by atoms with van der Waals surface area (Å²) in [6, 6.07) is 6.44. The summed E-state index contributed by atoms with van der Waals surface area (Å²) in [5, 5.41) is 0. The molecule has 2 nitrogen and oxygen atoms in total. The predicted octanol–water partition coefficient (Wildman–Crippen LogP) is 1.90. The lowest BCUT2D eigenvalue weighted by molar-refractivity contribution is 0.479. The first-order valence-electron chi connectivity index (χ1n) is 5.09. The zero-order valence-corrected chi connectivity index (χ0v) is 9.25. The Kier molecular flexibility index (Phi) is 3.67. The molecule has 0 spiro atoms. The molecule has 0 saturated carbocycles. The molecule has 1 aromatic rings. The van der Waals surface area contributed by atoms with E-state index in [0.29, 0.717) is 12.5 Å². The Morgan fingerprint density at radius 2 is 1.93 bits per heavy atom. The van der Waals surface area contributed by atoms with Crippen molar-refractivity contribution in [2.75, 3.05) is 6.54 Å². The molecule has 0 aliphatic heterocycles. The summed E-state index contributed by atoms with van der Waals surface area (Å²) in [4.78, 5) is 0. The number of hydrogen-bond acceptors (Lipinski definition) is 2. The molecule has 78 valence electrons. The van der Waals surface area contributed by atoms with Crippen molar-refractivity contribution in [2.45, 2.75) is 26.8 Å². The van der Waals surface area contributed by atoms with E-state index in [1.165, 1.54) is 16.7 Å². The smallest absolute Gasteiger partial charge is 0.0335 e. The van der Waals surface area contributed by atoms with Gasteiger partial charge in [-0.1, -0.05) is 30.7 Å². The molecule has 0 radical (unpaired) electrons. The van der Waals surface area contributed by atoms with Gasteiger partial charge < -0.3 is 11.5 Å². The van der Waals surface area contributed by atoms with Crippen molar-refractivity contribution >= 4 is 0 Å². The second kappa shape index (κ2) is 4.58. The number of rotatable bonds is 3. The van der Waals surface area contributed by atoms with Gasteiger partial charge in [-0.15, -0.1) is 0 Å². The van der Waals surface area contributed by atoms with Gasteiger partial charge in [0.25, 0.3) is 0 Å². The molecule has 0 saturated heterocycles. The maximum atomic E-state index is 6.12. The fourth-order valence-electron chi connectivity index (χ4n) is 1.65. The van der Waals surface area contributed by atoms with Gasteiger partial charge >= 0.3 is 0 Å². The van der Waals surface area contributed by atoms with Gasteiger partial charge in [-0.3, -0.25) is 0 Å². The summed E-state index contributed by atoms with van der Waals surface area (Å²) in [5.41, 5.74) is 15.5. The maximum Gasteiger partial charge on any atom is 0.0335 e. The zero-order valence-electron chi connectivity index (χ0n) is 9.25. The second-order valence-electron chi connectivity index (χ2n) is 4.10. The summed E-state index contributed by atoms with van der Waals surface area (Å²) >= 11 is 0. The number of aryl methyl sites for hydroxylation is 2. The van der Waals surface area contributed by atoms with E-state index in [0.717, 1.165) is 0 Å². The Morgan fingerprint density at radius 1 is 1.29 bits per heavy atom. The minimum absolute atomic E-state index is 0.0561. The summed E-state index contributed by atoms with van der Waals surface area (Å²) in [6.45, 7) is 6.92. The highest BCUT2D eigenvalue weighted by atomic mass is 14.7. The van der Waals surface area contributed by atoms with Crippen LogP contribution in [0.5, 0.6) is 0 Å². The molecule has 0 amide bonds. The molecule has 2 atom stereocenters. The number of benzene rings is 1. The first-order valence-corrected chi connectivity index (χ1v) is 5.09. The van der Waals surface area contributed by atoms with Crippen LogP contribution in [0.1, 0.15) is 29.7 Å². The fraction of sp³-hybridized carbons (Fsp3) is 0.500. The average Bonchev–Trinajstić information content (AvgIpc) is 2.15. The van der Waals surface area contributed by atoms with E-state index < -0.39 is 0 Å². The summed E-state index contributed by atoms with van der Waals surface area (Å²) < 4.78 is 0. The van der Waals surface area contributed by atoms with Crippen LogP contribution in [0.25, 0.3) is 0 Å². The van der Waals surface area contributed by atoms with Crippen LogP contribution in [0, 0.1) is 19.8 Å². The third-order valence-electron chi connectivity index (χ3n) is 2.77. The van der Waals surface area contributed by atoms with Crippen LogP contribution in [0.15, 0.2) is 18.2 Å². The molecule has 2 heteroatoms. The van der Waals surface area contributed by atoms with Crippen molar-refractivity contribution in [3.63, 3.8) is 0 Å². The first-order chi connectivity index (χ1) is 6.56. The molecule has 0 aliphatic rings. The van der Waals surface area contributed by atoms with Crippen LogP contribution in [0.2, 0.25) is 0 Å². The molecule has 2 unspecified atom stereocenters. The van der Waals surface area contributed by atoms with Crippen LogP contribution in [0.4, 0.5) is 0 Å². The molecule has 0 aromatic heterocycles. The highest BCUT2D eigenvalue weighted by molar-refractivity contribution is 5.32. The van der Waals surface area contributed by atoms with Gasteiger partial charge in [0.2, 0.25) is 0 Å². The van der Waals surface area contributed by atoms with Crippen LogP contribution in [0.3, 0.4) is 0 Å². The Labute approximate surface area is 86.3 Å². The van der Waals surface area contributed by atoms with E-state index >= 15 is 0 Å². The van der Waals surface area contributed by atoms with Crippen molar-refractivity contribution in [1.29, 1.82) is 0 Å². The third-order valence-corrected chi connectivity index (χ3v) is 2.77. The lowest BCUT2D eigenvalue weighted by atomic mass is 9.91. The maximum absolute atomic E-state index is 6.12. The van der Waals surface area contributed by atoms with E-state index in [1.807, 2.05) is 0 Å². The lowest BCUT2D eigenvalue weighted by Crippen LogP contribution is -2.26. The molecular weight excluding hydrogens is 172 g/mol. The van der Waals surface area contributed by atoms with Crippen LogP contribution < -0.4 is 11.5 Å². The minimum atomic E-state index is 0.0561. The van der Waals surface area contributed by atoms with Gasteiger partial charge in [-0.2, -0.15) is 0 Å². The molecule has 0 heterocycles. The quantitative estimate of drug-likeness (QED) is 0.768. The summed E-state index contributed by atoms with van der Waals surface area (Å²) in [5.74, 6) is 0.330. The molecular formula is C12H20N2. The Hall–Kier alpha value is -0.860. The van der Waals surface area contributed by atoms with Gasteiger partial charge in [0.05, 0.1) is 0 Å². The zero-order chi connectivity index (χ0) is 10.7. The monoisotopic (exact) mass is 192 g/mol. The lowest BCUT2D eigenvalue weighted by Gasteiger charge is -2.20. The normalized spacial score (nSPS) is 15.2. The number of nitrogens with two attached hydrogens (primary N) is 2. The topological polar surface area (TPSA) is 52.0 Å². The molecule has 14 heavy (non-hydrogen) atoms. The molecule has 4 N–H and O–H groups in total. The average molecular weight is 192 g/mol. The fourth-order valence-corrected chi connectivity index (χ4v) is 1.65. The van der Waals surface area contributed by atoms with Crippen LogP contribution in [-0.4, -0.2) is 6.54 Å². The SMILES string of the molecule is Cc1ccc(C(N)C(C)CN)c(C)c1. The summed E-state index contributed by atoms with van der Waals surface area (Å²) in [7, 11) is 0. The van der Waals surface area contributed by atoms with Gasteiger partial charge in [0, 0.05) is 6.04 Å². The Morgan fingerprint density at radius 3 is 2.43 bits per heavy atom. The first kappa shape index (κ1) is 11.2. The van der Waals surface area contributed by atoms with Gasteiger partial charge in [-0.25, -0.2) is 0 Å². The highest BCUT2D eigenvalue weighted by Gasteiger charge is 2.14. The third kappa shape index (κ3) is 2.34. The van der Waals surface area contributed by atoms with E-state index in [1.54, 1.807) is 0 Å². The van der Waals surface area contributed by atoms with Gasteiger partial charge in [0.15, 0.2) is 0 Å². The minimum Gasteiger partial charge on any atom is -0.330 e. The molecule has 0 bridgehead atoms. The van der Waals surface area contributed by atoms with Crippen LogP contribution in [-0.2, 0) is 0 Å². The molecule has 0 aliphatic carbocycles. The van der Waals surface area contributed by atoms with E-state index in [-0.39, 0.29) is 6.04 Å². The summed E-state index contributed by atoms with van der Waals surface area (Å²) in [6.07, 6.45) is 0. The Bertz CT molecular complexity index is 307. The van der Waals surface area contributed by atoms with Gasteiger partial charge in [0.1, 0.15) is 0 Å². The van der Waals surface area contributed by atoms with Crippen LogP contribution >= 0.6 is 0 Å². The largest absolute Gasteiger partial charge is 0.330 e. The molecule has 0 fully saturated rings. The Balaban J connectivity index is 2.95. The molecule has 1 aromatic carbocycles.